The predicted molar refractivity (Wildman–Crippen MR) is 397 cm³/mol. The summed E-state index contributed by atoms with van der Waals surface area (Å²) in [5.41, 5.74) is 17.1. The van der Waals surface area contributed by atoms with E-state index < -0.39 is 63.2 Å². The van der Waals surface area contributed by atoms with Gasteiger partial charge in [-0.1, -0.05) is 0 Å². The molecule has 19 rings (SSSR count). The molecule has 10 heterocycles. The van der Waals surface area contributed by atoms with E-state index in [-0.39, 0.29) is 0 Å². The number of rotatable bonds is 6. The molecule has 0 amide bonds. The van der Waals surface area contributed by atoms with Crippen LogP contribution in [0.3, 0.4) is 0 Å². The Morgan fingerprint density at radius 2 is 0.418 bits per heavy atom. The summed E-state index contributed by atoms with van der Waals surface area (Å²) in [7, 11) is 0. The van der Waals surface area contributed by atoms with Crippen LogP contribution in [0, 0.1) is 0 Å². The molecular formula is C82H60N14Pt2. The van der Waals surface area contributed by atoms with E-state index >= 15 is 0 Å². The van der Waals surface area contributed by atoms with Gasteiger partial charge in [0.15, 0.2) is 0 Å². The van der Waals surface area contributed by atoms with Crippen molar-refractivity contribution < 1.29 is 51.7 Å². The van der Waals surface area contributed by atoms with Crippen molar-refractivity contribution in [3.05, 3.63) is 292 Å². The molecule has 4 aromatic heterocycles. The first-order valence-electron chi connectivity index (χ1n) is 37.4. The molecule has 9 aromatic carbocycles. The molecule has 0 spiro atoms. The van der Waals surface area contributed by atoms with Gasteiger partial charge in [0.2, 0.25) is 0 Å². The van der Waals surface area contributed by atoms with Gasteiger partial charge in [-0.05, 0) is 0 Å². The van der Waals surface area contributed by atoms with E-state index in [2.05, 4.69) is 103 Å². The minimum atomic E-state index is -2.75. The number of anilines is 18. The van der Waals surface area contributed by atoms with E-state index in [9.17, 15) is 16.4 Å². The van der Waals surface area contributed by atoms with Crippen LogP contribution >= 0.6 is 0 Å². The van der Waals surface area contributed by atoms with E-state index in [1.54, 1.807) is 73.8 Å². The summed E-state index contributed by atoms with van der Waals surface area (Å²) < 4.78 is 115. The standard InChI is InChI=1S/C82H60N14.2Pt/c1-87-53-91(79-17-9-5-13-75(79)87)67-41-61(57-25-33-83-34-26-57)45-71(49-67)95(72-46-62(58-27-35-84-36-28-58)42-68(50-72)92-54-88(2)76-14-6-10-18-80(76)92)65-21-23-66(24-22-65)96(73-47-63(59-29-37-85-38-30-59)43-69(51-73)93-55-89(3)77-15-7-11-19-81(77)93)74-48-64(60-31-39-86-40-32-60)44-70(52-74)94-56-90(4)78-16-8-12-20-82(78)94;;/h5-52H,1-4H3;;/i1D3,2D3,3D3,4D3;;. The van der Waals surface area contributed by atoms with E-state index in [0.29, 0.717) is 119 Å². The maximum absolute atomic E-state index is 9.41. The molecule has 13 aromatic rings. The second kappa shape index (κ2) is 23.1. The fourth-order valence-corrected chi connectivity index (χ4v) is 20.1. The van der Waals surface area contributed by atoms with Crippen LogP contribution in [0.2, 0.25) is 0 Å². The second-order valence-corrected chi connectivity index (χ2v) is 29.0. The molecule has 16 heteroatoms. The van der Waals surface area contributed by atoms with Crippen molar-refractivity contribution >= 4 is 119 Å². The Hall–Kier alpha value is -11.6. The molecule has 0 aliphatic carbocycles. The molecule has 0 N–H and O–H groups in total. The Kier molecular flexibility index (Phi) is 11.0. The fourth-order valence-electron chi connectivity index (χ4n) is 13.8. The number of pyridine rings is 4. The zero-order chi connectivity index (χ0) is 75.3. The van der Waals surface area contributed by atoms with Gasteiger partial charge in [0, 0.05) is 0 Å². The van der Waals surface area contributed by atoms with Gasteiger partial charge in [0.05, 0.1) is 0 Å². The molecule has 8 bridgehead atoms. The second-order valence-electron chi connectivity index (χ2n) is 23.8. The van der Waals surface area contributed by atoms with Crippen LogP contribution in [0.5, 0.6) is 0 Å². The average molecular weight is 1640 g/mol. The van der Waals surface area contributed by atoms with Gasteiger partial charge >= 0.3 is 604 Å². The number of benzene rings is 9. The molecule has 0 fully saturated rings. The number of para-hydroxylation sites is 8. The molecule has 478 valence electrons. The normalized spacial score (nSPS) is 17.3. The van der Waals surface area contributed by atoms with Gasteiger partial charge in [-0.2, -0.15) is 0 Å². The number of fused-ring (bicyclic) bond motifs is 24. The monoisotopic (exact) mass is 1640 g/mol. The number of nitrogens with zero attached hydrogens (tertiary/aromatic N) is 14. The Balaban J connectivity index is 0.904. The zero-order valence-electron chi connectivity index (χ0n) is 63.6. The minimum absolute atomic E-state index is 0.406. The molecule has 0 radical (unpaired) electrons. The Bertz CT molecular complexity index is 5360. The van der Waals surface area contributed by atoms with E-state index in [0.717, 1.165) is 44.5 Å². The van der Waals surface area contributed by atoms with Gasteiger partial charge in [-0.25, -0.2) is 0 Å². The van der Waals surface area contributed by atoms with Crippen LogP contribution in [0.25, 0.3) is 44.5 Å². The summed E-state index contributed by atoms with van der Waals surface area (Å²) in [5, 5.41) is 0. The molecular weight excluding hydrogens is 1570 g/mol. The molecule has 14 nitrogen and oxygen atoms in total. The molecule has 0 saturated carbocycles. The van der Waals surface area contributed by atoms with E-state index in [1.165, 1.54) is 19.6 Å². The van der Waals surface area contributed by atoms with Crippen LogP contribution < -0.4 is 49.0 Å². The summed E-state index contributed by atoms with van der Waals surface area (Å²) in [5.74, 6) is 0. The van der Waals surface area contributed by atoms with Crippen LogP contribution in [-0.2, 0) is 35.3 Å². The van der Waals surface area contributed by atoms with Crippen molar-refractivity contribution in [3.63, 3.8) is 0 Å². The summed E-state index contributed by atoms with van der Waals surface area (Å²) in [4.78, 5) is 35.7. The summed E-state index contributed by atoms with van der Waals surface area (Å²) >= 11 is -3.65. The van der Waals surface area contributed by atoms with Crippen molar-refractivity contribution in [1.82, 2.24) is 19.9 Å². The SMILES string of the molecule is [2H]C([2H])([2H])N1[C]2=[Pt]=[C]3N(c4cc(-c5ccncc5)cc(c4)N(c4ccc(N5c6cc(-c7ccncc7)cc(c6)N6[C](=[Pt]=[C]7N(c8cc(-c9ccncc9)cc5c8)c5ccccc5N7C([2H])([2H])[2H])N(C([2H])([2H])[2H])c5ccccc56)cc4)c4cc(-c5ccncc5)cc(c4)N2c2ccccc21)c1ccccc1N3C([2H])([2H])[2H]. The summed E-state index contributed by atoms with van der Waals surface area (Å²) in [6.07, 6.45) is 13.9. The Labute approximate surface area is 600 Å². The molecule has 0 saturated heterocycles. The third-order valence-corrected chi connectivity index (χ3v) is 24.3. The first-order chi connectivity index (χ1) is 53.1. The van der Waals surface area contributed by atoms with Crippen LogP contribution in [0.4, 0.5) is 102 Å². The van der Waals surface area contributed by atoms with Crippen LogP contribution in [0.15, 0.2) is 292 Å². The van der Waals surface area contributed by atoms with E-state index in [4.69, 9.17) is 0 Å². The zero-order valence-corrected chi connectivity index (χ0v) is 56.2. The topological polar surface area (TPSA) is 84.0 Å². The summed E-state index contributed by atoms with van der Waals surface area (Å²) in [6, 6.07) is 78.4. The first-order valence-corrected chi connectivity index (χ1v) is 36.0. The van der Waals surface area contributed by atoms with Crippen LogP contribution in [-0.4, -0.2) is 64.4 Å². The number of hydrogen-bond acceptors (Lipinski definition) is 14. The third-order valence-electron chi connectivity index (χ3n) is 18.2. The fraction of sp³-hybridized carbons (Fsp3) is 0.0488. The van der Waals surface area contributed by atoms with Gasteiger partial charge < -0.3 is 0 Å². The van der Waals surface area contributed by atoms with E-state index in [1.807, 2.05) is 165 Å². The molecule has 6 aliphatic rings. The van der Waals surface area contributed by atoms with Gasteiger partial charge in [0.25, 0.3) is 0 Å². The molecule has 6 aliphatic heterocycles. The van der Waals surface area contributed by atoms with Gasteiger partial charge in [-0.3, -0.25) is 0 Å². The van der Waals surface area contributed by atoms with Gasteiger partial charge in [0.1, 0.15) is 0 Å². The quantitative estimate of drug-likeness (QED) is 0.158. The molecule has 0 unspecified atom stereocenters. The Morgan fingerprint density at radius 1 is 0.214 bits per heavy atom. The summed E-state index contributed by atoms with van der Waals surface area (Å²) in [6.45, 7) is -11.0. The molecule has 0 atom stereocenters. The van der Waals surface area contributed by atoms with Gasteiger partial charge in [-0.15, -0.1) is 0 Å². The number of aromatic nitrogens is 4. The van der Waals surface area contributed by atoms with Crippen molar-refractivity contribution in [2.75, 3.05) is 76.9 Å². The van der Waals surface area contributed by atoms with Crippen molar-refractivity contribution in [2.45, 2.75) is 0 Å². The number of hydrogen-bond donors (Lipinski definition) is 0. The van der Waals surface area contributed by atoms with Crippen molar-refractivity contribution in [3.8, 4) is 44.5 Å². The van der Waals surface area contributed by atoms with Crippen LogP contribution in [0.1, 0.15) is 16.4 Å². The Morgan fingerprint density at radius 3 is 0.633 bits per heavy atom. The molecule has 98 heavy (non-hydrogen) atoms. The maximum atomic E-state index is 9.41. The third kappa shape index (κ3) is 9.37. The predicted octanol–water partition coefficient (Wildman–Crippen LogP) is 17.8. The first kappa shape index (κ1) is 46.5. The van der Waals surface area contributed by atoms with Crippen molar-refractivity contribution in [1.29, 1.82) is 0 Å². The van der Waals surface area contributed by atoms with Crippen molar-refractivity contribution in [2.24, 2.45) is 0 Å². The average Bonchev–Trinajstić information content (AvgIpc) is 1.55.